The van der Waals surface area contributed by atoms with Gasteiger partial charge in [-0.15, -0.1) is 12.4 Å². The third kappa shape index (κ3) is 3.49. The minimum Gasteiger partial charge on any atom is -0.326 e. The molecule has 102 valence electrons. The van der Waals surface area contributed by atoms with Gasteiger partial charge in [0, 0.05) is 6.54 Å². The lowest BCUT2D eigenvalue weighted by molar-refractivity contribution is -0.137. The Morgan fingerprint density at radius 3 is 2.11 bits per heavy atom. The Balaban J connectivity index is 0.00000180. The maximum Gasteiger partial charge on any atom is 0.416 e. The molecule has 0 aromatic heterocycles. The van der Waals surface area contributed by atoms with E-state index in [1.807, 2.05) is 30.3 Å². The number of hydrogen-bond acceptors (Lipinski definition) is 1. The molecule has 0 heterocycles. The Morgan fingerprint density at radius 1 is 0.947 bits per heavy atom. The van der Waals surface area contributed by atoms with Crippen molar-refractivity contribution in [1.29, 1.82) is 0 Å². The first-order valence-electron chi connectivity index (χ1n) is 5.48. The third-order valence-electron chi connectivity index (χ3n) is 2.74. The lowest BCUT2D eigenvalue weighted by atomic mass is 9.97. The minimum atomic E-state index is -4.33. The molecule has 2 N–H and O–H groups in total. The van der Waals surface area contributed by atoms with Gasteiger partial charge in [0.25, 0.3) is 0 Å². The molecule has 2 aromatic rings. The van der Waals surface area contributed by atoms with Gasteiger partial charge in [-0.3, -0.25) is 0 Å². The minimum absolute atomic E-state index is 0. The molecule has 2 rings (SSSR count). The molecule has 1 nitrogen and oxygen atoms in total. The van der Waals surface area contributed by atoms with Crippen LogP contribution in [0.2, 0.25) is 0 Å². The molecule has 0 saturated heterocycles. The second-order valence-electron chi connectivity index (χ2n) is 3.94. The Labute approximate surface area is 115 Å². The van der Waals surface area contributed by atoms with Crippen molar-refractivity contribution in [3.8, 4) is 11.1 Å². The summed E-state index contributed by atoms with van der Waals surface area (Å²) < 4.78 is 37.8. The van der Waals surface area contributed by atoms with E-state index in [9.17, 15) is 13.2 Å². The second-order valence-corrected chi connectivity index (χ2v) is 3.94. The molecule has 0 aliphatic heterocycles. The van der Waals surface area contributed by atoms with Crippen LogP contribution in [-0.2, 0) is 12.7 Å². The molecule has 0 radical (unpaired) electrons. The zero-order valence-electron chi connectivity index (χ0n) is 9.95. The Bertz CT molecular complexity index is 538. The van der Waals surface area contributed by atoms with Crippen LogP contribution < -0.4 is 5.73 Å². The quantitative estimate of drug-likeness (QED) is 0.878. The number of halogens is 4. The van der Waals surface area contributed by atoms with Gasteiger partial charge in [-0.1, -0.05) is 36.4 Å². The Morgan fingerprint density at radius 2 is 1.58 bits per heavy atom. The first kappa shape index (κ1) is 15.5. The van der Waals surface area contributed by atoms with Gasteiger partial charge in [0.05, 0.1) is 5.56 Å². The second kappa shape index (κ2) is 6.08. The van der Waals surface area contributed by atoms with Crippen LogP contribution in [-0.4, -0.2) is 0 Å². The van der Waals surface area contributed by atoms with Crippen LogP contribution in [0.4, 0.5) is 13.2 Å². The fraction of sp³-hybridized carbons (Fsp3) is 0.143. The zero-order valence-corrected chi connectivity index (χ0v) is 10.8. The van der Waals surface area contributed by atoms with Gasteiger partial charge in [-0.05, 0) is 28.8 Å². The highest BCUT2D eigenvalue weighted by Gasteiger charge is 2.30. The molecule has 0 bridgehead atoms. The summed E-state index contributed by atoms with van der Waals surface area (Å²) in [5, 5.41) is 0. The van der Waals surface area contributed by atoms with E-state index in [2.05, 4.69) is 0 Å². The van der Waals surface area contributed by atoms with Crippen LogP contribution in [0.25, 0.3) is 11.1 Å². The third-order valence-corrected chi connectivity index (χ3v) is 2.74. The predicted octanol–water partition coefficient (Wildman–Crippen LogP) is 4.25. The molecule has 0 aliphatic rings. The molecular weight excluding hydrogens is 275 g/mol. The highest BCUT2D eigenvalue weighted by Crippen LogP contribution is 2.33. The first-order valence-corrected chi connectivity index (χ1v) is 5.48. The maximum atomic E-state index is 12.6. The molecule has 19 heavy (non-hydrogen) atoms. The van der Waals surface area contributed by atoms with Crippen LogP contribution >= 0.6 is 12.4 Å². The summed E-state index contributed by atoms with van der Waals surface area (Å²) in [6.45, 7) is 0.0775. The summed E-state index contributed by atoms with van der Waals surface area (Å²) >= 11 is 0. The monoisotopic (exact) mass is 287 g/mol. The van der Waals surface area contributed by atoms with Crippen molar-refractivity contribution < 1.29 is 13.2 Å². The SMILES string of the molecule is Cl.NCc1cc(C(F)(F)F)ccc1-c1ccccc1. The van der Waals surface area contributed by atoms with Crippen molar-refractivity contribution in [1.82, 2.24) is 0 Å². The average molecular weight is 288 g/mol. The van der Waals surface area contributed by atoms with Gasteiger partial charge in [-0.2, -0.15) is 13.2 Å². The molecule has 0 spiro atoms. The van der Waals surface area contributed by atoms with E-state index in [0.717, 1.165) is 23.3 Å². The van der Waals surface area contributed by atoms with Crippen LogP contribution in [0, 0.1) is 0 Å². The topological polar surface area (TPSA) is 26.0 Å². The summed E-state index contributed by atoms with van der Waals surface area (Å²) in [7, 11) is 0. The fourth-order valence-electron chi connectivity index (χ4n) is 1.84. The fourth-order valence-corrected chi connectivity index (χ4v) is 1.84. The van der Waals surface area contributed by atoms with Gasteiger partial charge >= 0.3 is 6.18 Å². The molecule has 0 saturated carbocycles. The van der Waals surface area contributed by atoms with Gasteiger partial charge < -0.3 is 5.73 Å². The van der Waals surface area contributed by atoms with Crippen molar-refractivity contribution in [2.75, 3.05) is 0 Å². The summed E-state index contributed by atoms with van der Waals surface area (Å²) in [5.74, 6) is 0. The molecule has 5 heteroatoms. The van der Waals surface area contributed by atoms with Crippen LogP contribution in [0.5, 0.6) is 0 Å². The molecule has 0 atom stereocenters. The van der Waals surface area contributed by atoms with Crippen molar-refractivity contribution in [3.63, 3.8) is 0 Å². The van der Waals surface area contributed by atoms with Crippen molar-refractivity contribution in [2.45, 2.75) is 12.7 Å². The highest BCUT2D eigenvalue weighted by atomic mass is 35.5. The van der Waals surface area contributed by atoms with Gasteiger partial charge in [-0.25, -0.2) is 0 Å². The smallest absolute Gasteiger partial charge is 0.326 e. The van der Waals surface area contributed by atoms with E-state index in [4.69, 9.17) is 5.73 Å². The molecule has 0 unspecified atom stereocenters. The summed E-state index contributed by atoms with van der Waals surface area (Å²) in [4.78, 5) is 0. The number of nitrogens with two attached hydrogens (primary N) is 1. The van der Waals surface area contributed by atoms with E-state index in [-0.39, 0.29) is 19.0 Å². The van der Waals surface area contributed by atoms with Crippen molar-refractivity contribution in [3.05, 3.63) is 59.7 Å². The summed E-state index contributed by atoms with van der Waals surface area (Å²) in [5.41, 5.74) is 6.97. The number of benzene rings is 2. The molecule has 0 amide bonds. The summed E-state index contributed by atoms with van der Waals surface area (Å²) in [6, 6.07) is 12.9. The normalized spacial score (nSPS) is 10.9. The van der Waals surface area contributed by atoms with E-state index in [0.29, 0.717) is 5.56 Å². The summed E-state index contributed by atoms with van der Waals surface area (Å²) in [6.07, 6.45) is -4.33. The largest absolute Gasteiger partial charge is 0.416 e. The predicted molar refractivity (Wildman–Crippen MR) is 72.0 cm³/mol. The van der Waals surface area contributed by atoms with Crippen molar-refractivity contribution in [2.24, 2.45) is 5.73 Å². The van der Waals surface area contributed by atoms with Gasteiger partial charge in [0.1, 0.15) is 0 Å². The number of rotatable bonds is 2. The zero-order chi connectivity index (χ0) is 13.2. The number of alkyl halides is 3. The van der Waals surface area contributed by atoms with E-state index >= 15 is 0 Å². The van der Waals surface area contributed by atoms with E-state index in [1.54, 1.807) is 0 Å². The lowest BCUT2D eigenvalue weighted by Crippen LogP contribution is -2.08. The molecule has 0 aliphatic carbocycles. The van der Waals surface area contributed by atoms with Crippen LogP contribution in [0.3, 0.4) is 0 Å². The van der Waals surface area contributed by atoms with E-state index < -0.39 is 11.7 Å². The van der Waals surface area contributed by atoms with Crippen LogP contribution in [0.15, 0.2) is 48.5 Å². The lowest BCUT2D eigenvalue weighted by Gasteiger charge is -2.12. The molecule has 2 aromatic carbocycles. The van der Waals surface area contributed by atoms with E-state index in [1.165, 1.54) is 6.07 Å². The molecule has 0 fully saturated rings. The average Bonchev–Trinajstić information content (AvgIpc) is 2.38. The Kier molecular flexibility index (Phi) is 4.97. The molecular formula is C14H13ClF3N. The first-order chi connectivity index (χ1) is 8.52. The number of hydrogen-bond donors (Lipinski definition) is 1. The Hall–Kier alpha value is -1.52. The van der Waals surface area contributed by atoms with Gasteiger partial charge in [0.15, 0.2) is 0 Å². The standard InChI is InChI=1S/C14H12F3N.ClH/c15-14(16,17)12-6-7-13(11(8-12)9-18)10-4-2-1-3-5-10;/h1-8H,9,18H2;1H. The van der Waals surface area contributed by atoms with Gasteiger partial charge in [0.2, 0.25) is 0 Å². The van der Waals surface area contributed by atoms with Crippen LogP contribution in [0.1, 0.15) is 11.1 Å². The van der Waals surface area contributed by atoms with Crippen molar-refractivity contribution >= 4 is 12.4 Å². The maximum absolute atomic E-state index is 12.6. The highest BCUT2D eigenvalue weighted by molar-refractivity contribution is 5.85.